The summed E-state index contributed by atoms with van der Waals surface area (Å²) in [5.74, 6) is 1.95. The zero-order valence-corrected chi connectivity index (χ0v) is 18.4. The molecule has 2 heterocycles. The summed E-state index contributed by atoms with van der Waals surface area (Å²) in [7, 11) is 0. The maximum atomic E-state index is 13.3. The molecule has 0 aliphatic rings. The molecule has 0 aliphatic heterocycles. The van der Waals surface area contributed by atoms with Crippen molar-refractivity contribution in [2.75, 3.05) is 18.5 Å². The number of hydrogen-bond acceptors (Lipinski definition) is 5. The molecule has 2 N–H and O–H groups in total. The lowest BCUT2D eigenvalue weighted by atomic mass is 10.1. The van der Waals surface area contributed by atoms with E-state index < -0.39 is 5.91 Å². The zero-order chi connectivity index (χ0) is 23.1. The molecule has 8 nitrogen and oxygen atoms in total. The van der Waals surface area contributed by atoms with Gasteiger partial charge in [-0.25, -0.2) is 9.67 Å². The van der Waals surface area contributed by atoms with Crippen LogP contribution in [-0.2, 0) is 0 Å². The second-order valence-corrected chi connectivity index (χ2v) is 7.20. The number of nitrogens with one attached hydrogen (secondary N) is 2. The van der Waals surface area contributed by atoms with Crippen molar-refractivity contribution in [1.29, 1.82) is 0 Å². The fourth-order valence-corrected chi connectivity index (χ4v) is 3.14. The molecule has 0 radical (unpaired) electrons. The molecule has 0 fully saturated rings. The van der Waals surface area contributed by atoms with Gasteiger partial charge in [-0.2, -0.15) is 0 Å². The van der Waals surface area contributed by atoms with Crippen molar-refractivity contribution < 1.29 is 14.3 Å². The molecule has 0 spiro atoms. The van der Waals surface area contributed by atoms with Crippen LogP contribution in [0.3, 0.4) is 0 Å². The van der Waals surface area contributed by atoms with Gasteiger partial charge in [0.25, 0.3) is 11.8 Å². The molecule has 9 heteroatoms. The molecule has 0 aliphatic carbocycles. The summed E-state index contributed by atoms with van der Waals surface area (Å²) in [5, 5.41) is 10.2. The van der Waals surface area contributed by atoms with E-state index in [2.05, 4.69) is 26.6 Å². The third-order valence-electron chi connectivity index (χ3n) is 4.45. The predicted octanol–water partition coefficient (Wildman–Crippen LogP) is 3.63. The second-order valence-electron chi connectivity index (χ2n) is 6.79. The third kappa shape index (κ3) is 5.07. The number of benzene rings is 1. The highest BCUT2D eigenvalue weighted by Crippen LogP contribution is 2.25. The number of para-hydroxylation sites is 1. The lowest BCUT2D eigenvalue weighted by Gasteiger charge is -2.14. The number of halogens is 1. The Morgan fingerprint density at radius 1 is 1.25 bits per heavy atom. The quantitative estimate of drug-likeness (QED) is 0.509. The Balaban J connectivity index is 2.00. The molecular formula is C23H22ClN5O3. The highest BCUT2D eigenvalue weighted by Gasteiger charge is 2.22. The largest absolute Gasteiger partial charge is 0.463 e. The first-order valence-electron chi connectivity index (χ1n) is 9.92. The molecular weight excluding hydrogens is 430 g/mol. The van der Waals surface area contributed by atoms with Gasteiger partial charge in [-0.3, -0.25) is 9.59 Å². The number of anilines is 1. The van der Waals surface area contributed by atoms with Crippen LogP contribution in [-0.4, -0.2) is 39.7 Å². The van der Waals surface area contributed by atoms with Gasteiger partial charge in [0.15, 0.2) is 12.4 Å². The van der Waals surface area contributed by atoms with Crippen LogP contribution >= 0.6 is 11.6 Å². The molecule has 0 unspecified atom stereocenters. The normalized spacial score (nSPS) is 10.3. The predicted molar refractivity (Wildman–Crippen MR) is 122 cm³/mol. The molecule has 32 heavy (non-hydrogen) atoms. The second kappa shape index (κ2) is 10.5. The third-order valence-corrected chi connectivity index (χ3v) is 4.75. The minimum atomic E-state index is -0.520. The summed E-state index contributed by atoms with van der Waals surface area (Å²) in [4.78, 5) is 30.1. The number of rotatable bonds is 8. The van der Waals surface area contributed by atoms with Crippen LogP contribution in [0.5, 0.6) is 5.88 Å². The SMILES string of the molecule is C#CCOc1cc(C(=O)Nc2c(C)cccc2C(=O)NCCC)n(-c2ncccc2Cl)n1. The molecule has 3 aromatic rings. The van der Waals surface area contributed by atoms with E-state index in [0.29, 0.717) is 22.8 Å². The van der Waals surface area contributed by atoms with Gasteiger partial charge in [-0.1, -0.05) is 36.6 Å². The van der Waals surface area contributed by atoms with Gasteiger partial charge in [-0.05, 0) is 37.1 Å². The molecule has 2 amide bonds. The Morgan fingerprint density at radius 3 is 2.78 bits per heavy atom. The van der Waals surface area contributed by atoms with Gasteiger partial charge < -0.3 is 15.4 Å². The van der Waals surface area contributed by atoms with Crippen LogP contribution in [0.2, 0.25) is 5.02 Å². The van der Waals surface area contributed by atoms with E-state index in [-0.39, 0.29) is 29.9 Å². The van der Waals surface area contributed by atoms with E-state index >= 15 is 0 Å². The first kappa shape index (κ1) is 22.8. The van der Waals surface area contributed by atoms with Crippen molar-refractivity contribution in [1.82, 2.24) is 20.1 Å². The summed E-state index contributed by atoms with van der Waals surface area (Å²) in [6, 6.07) is 9.96. The number of carbonyl (C=O) groups excluding carboxylic acids is 2. The monoisotopic (exact) mass is 451 g/mol. The summed E-state index contributed by atoms with van der Waals surface area (Å²) in [6.45, 7) is 4.28. The fraction of sp³-hybridized carbons (Fsp3) is 0.217. The lowest BCUT2D eigenvalue weighted by molar-refractivity contribution is 0.0954. The van der Waals surface area contributed by atoms with E-state index in [1.54, 1.807) is 37.3 Å². The first-order chi connectivity index (χ1) is 15.5. The molecule has 0 saturated heterocycles. The average Bonchev–Trinajstić information content (AvgIpc) is 3.21. The van der Waals surface area contributed by atoms with Crippen molar-refractivity contribution in [2.24, 2.45) is 0 Å². The smallest absolute Gasteiger partial charge is 0.274 e. The Kier molecular flexibility index (Phi) is 7.47. The van der Waals surface area contributed by atoms with Crippen LogP contribution in [0.4, 0.5) is 5.69 Å². The Hall–Kier alpha value is -3.83. The molecule has 0 bridgehead atoms. The van der Waals surface area contributed by atoms with Gasteiger partial charge in [0.05, 0.1) is 16.3 Å². The zero-order valence-electron chi connectivity index (χ0n) is 17.7. The minimum absolute atomic E-state index is 0.0203. The summed E-state index contributed by atoms with van der Waals surface area (Å²) < 4.78 is 6.66. The maximum absolute atomic E-state index is 13.3. The molecule has 0 saturated carbocycles. The van der Waals surface area contributed by atoms with Gasteiger partial charge in [0.1, 0.15) is 5.69 Å². The Bertz CT molecular complexity index is 1180. The highest BCUT2D eigenvalue weighted by atomic mass is 35.5. The van der Waals surface area contributed by atoms with Crippen molar-refractivity contribution >= 4 is 29.1 Å². The number of amides is 2. The van der Waals surface area contributed by atoms with E-state index in [9.17, 15) is 9.59 Å². The van der Waals surface area contributed by atoms with Crippen LogP contribution in [0.1, 0.15) is 39.8 Å². The number of hydrogen-bond donors (Lipinski definition) is 2. The molecule has 0 atom stereocenters. The number of aryl methyl sites for hydroxylation is 1. The van der Waals surface area contributed by atoms with E-state index in [1.807, 2.05) is 6.92 Å². The summed E-state index contributed by atoms with van der Waals surface area (Å²) in [5.41, 5.74) is 1.60. The summed E-state index contributed by atoms with van der Waals surface area (Å²) >= 11 is 6.27. The van der Waals surface area contributed by atoms with Crippen molar-refractivity contribution in [2.45, 2.75) is 20.3 Å². The minimum Gasteiger partial charge on any atom is -0.463 e. The van der Waals surface area contributed by atoms with Crippen LogP contribution in [0, 0.1) is 19.3 Å². The van der Waals surface area contributed by atoms with Gasteiger partial charge in [-0.15, -0.1) is 11.5 Å². The molecule has 2 aromatic heterocycles. The number of nitrogens with zero attached hydrogens (tertiary/aromatic N) is 3. The van der Waals surface area contributed by atoms with Crippen LogP contribution in [0.25, 0.3) is 5.82 Å². The standard InChI is InChI=1S/C23H22ClN5O3/c1-4-11-26-22(30)16-9-6-8-15(3)20(16)27-23(31)18-14-19(32-13-5-2)28-29(18)21-17(24)10-7-12-25-21/h2,6-10,12,14H,4,11,13H2,1,3H3,(H,26,30)(H,27,31). The first-order valence-corrected chi connectivity index (χ1v) is 10.3. The molecule has 164 valence electrons. The number of ether oxygens (including phenoxy) is 1. The number of aromatic nitrogens is 3. The van der Waals surface area contributed by atoms with E-state index in [0.717, 1.165) is 12.0 Å². The number of terminal acetylenes is 1. The van der Waals surface area contributed by atoms with Gasteiger partial charge >= 0.3 is 0 Å². The van der Waals surface area contributed by atoms with Gasteiger partial charge in [0, 0.05) is 18.8 Å². The van der Waals surface area contributed by atoms with Crippen molar-refractivity contribution in [3.05, 3.63) is 64.4 Å². The fourth-order valence-electron chi connectivity index (χ4n) is 2.94. The van der Waals surface area contributed by atoms with E-state index in [4.69, 9.17) is 22.8 Å². The maximum Gasteiger partial charge on any atom is 0.274 e. The molecule has 1 aromatic carbocycles. The van der Waals surface area contributed by atoms with Crippen molar-refractivity contribution in [3.63, 3.8) is 0 Å². The van der Waals surface area contributed by atoms with Crippen LogP contribution < -0.4 is 15.4 Å². The number of carbonyl (C=O) groups is 2. The average molecular weight is 452 g/mol. The highest BCUT2D eigenvalue weighted by molar-refractivity contribution is 6.32. The van der Waals surface area contributed by atoms with Crippen molar-refractivity contribution in [3.8, 4) is 24.0 Å². The summed E-state index contributed by atoms with van der Waals surface area (Å²) in [6.07, 6.45) is 7.58. The topological polar surface area (TPSA) is 98.1 Å². The van der Waals surface area contributed by atoms with Crippen LogP contribution in [0.15, 0.2) is 42.6 Å². The van der Waals surface area contributed by atoms with E-state index in [1.165, 1.54) is 16.9 Å². The Morgan fingerprint density at radius 2 is 2.06 bits per heavy atom. The number of pyridine rings is 1. The Labute approximate surface area is 190 Å². The molecule has 3 rings (SSSR count). The van der Waals surface area contributed by atoms with Gasteiger partial charge in [0.2, 0.25) is 5.88 Å². The lowest BCUT2D eigenvalue weighted by Crippen LogP contribution is -2.26.